The van der Waals surface area contributed by atoms with Gasteiger partial charge in [0.2, 0.25) is 0 Å². The maximum atomic E-state index is 12.2. The van der Waals surface area contributed by atoms with Crippen LogP contribution in [0.25, 0.3) is 0 Å². The number of aromatic nitrogens is 2. The van der Waals surface area contributed by atoms with Gasteiger partial charge in [0.1, 0.15) is 8.55 Å². The predicted octanol–water partition coefficient (Wildman–Crippen LogP) is 3.31. The van der Waals surface area contributed by atoms with Gasteiger partial charge in [-0.25, -0.2) is 13.1 Å². The molecule has 0 amide bonds. The van der Waals surface area contributed by atoms with Crippen LogP contribution in [0, 0.1) is 0 Å². The lowest BCUT2D eigenvalue weighted by atomic mass is 10.2. The predicted molar refractivity (Wildman–Crippen MR) is 81.0 cm³/mol. The number of thiophene rings is 1. The van der Waals surface area contributed by atoms with Crippen LogP contribution in [0.2, 0.25) is 9.36 Å². The van der Waals surface area contributed by atoms with E-state index in [0.717, 1.165) is 23.4 Å². The second-order valence-corrected chi connectivity index (χ2v) is 8.16. The topological polar surface area (TPSA) is 64.0 Å². The van der Waals surface area contributed by atoms with Crippen LogP contribution in [0.15, 0.2) is 22.7 Å². The number of hydrogen-bond donors (Lipinski definition) is 1. The molecule has 20 heavy (non-hydrogen) atoms. The fourth-order valence-corrected chi connectivity index (χ4v) is 4.72. The third kappa shape index (κ3) is 3.35. The third-order valence-corrected chi connectivity index (χ3v) is 6.58. The standard InChI is InChI=1S/C11H13Cl2N3O2S2/c1-3-16-6-8(5-14-16)7(2)15-20(17,18)10-4-9(12)11(13)19-10/h4-7,15H,3H2,1-2H3. The first-order chi connectivity index (χ1) is 9.33. The van der Waals surface area contributed by atoms with Gasteiger partial charge in [0.05, 0.1) is 11.2 Å². The molecule has 0 aliphatic carbocycles. The highest BCUT2D eigenvalue weighted by molar-refractivity contribution is 7.91. The summed E-state index contributed by atoms with van der Waals surface area (Å²) in [4.78, 5) is 0. The number of hydrogen-bond acceptors (Lipinski definition) is 4. The molecule has 2 aromatic heterocycles. The number of sulfonamides is 1. The zero-order valence-electron chi connectivity index (χ0n) is 10.8. The van der Waals surface area contributed by atoms with E-state index in [0.29, 0.717) is 0 Å². The Morgan fingerprint density at radius 3 is 2.70 bits per heavy atom. The highest BCUT2D eigenvalue weighted by Gasteiger charge is 2.22. The summed E-state index contributed by atoms with van der Waals surface area (Å²) >= 11 is 12.5. The first-order valence-electron chi connectivity index (χ1n) is 5.83. The molecule has 9 heteroatoms. The normalized spacial score (nSPS) is 13.6. The van der Waals surface area contributed by atoms with Crippen molar-refractivity contribution in [2.75, 3.05) is 0 Å². The Labute approximate surface area is 131 Å². The van der Waals surface area contributed by atoms with Crippen LogP contribution in [-0.4, -0.2) is 18.2 Å². The molecule has 0 aromatic carbocycles. The quantitative estimate of drug-likeness (QED) is 0.896. The molecule has 0 aliphatic heterocycles. The van der Waals surface area contributed by atoms with E-state index >= 15 is 0 Å². The minimum absolute atomic E-state index is 0.0993. The Morgan fingerprint density at radius 2 is 2.20 bits per heavy atom. The molecule has 0 spiro atoms. The second-order valence-electron chi connectivity index (χ2n) is 4.16. The molecule has 5 nitrogen and oxygen atoms in total. The number of nitrogens with zero attached hydrogens (tertiary/aromatic N) is 2. The van der Waals surface area contributed by atoms with Gasteiger partial charge in [-0.05, 0) is 19.9 Å². The molecule has 0 fully saturated rings. The lowest BCUT2D eigenvalue weighted by Crippen LogP contribution is -2.26. The van der Waals surface area contributed by atoms with Crippen LogP contribution in [0.3, 0.4) is 0 Å². The van der Waals surface area contributed by atoms with Gasteiger partial charge < -0.3 is 0 Å². The molecular weight excluding hydrogens is 341 g/mol. The summed E-state index contributed by atoms with van der Waals surface area (Å²) in [6.07, 6.45) is 3.45. The van der Waals surface area contributed by atoms with Gasteiger partial charge in [-0.1, -0.05) is 23.2 Å². The number of rotatable bonds is 5. The Hall–Kier alpha value is -0.600. The highest BCUT2D eigenvalue weighted by Crippen LogP contribution is 2.34. The number of halogens is 2. The van der Waals surface area contributed by atoms with Gasteiger partial charge >= 0.3 is 0 Å². The number of nitrogens with one attached hydrogen (secondary N) is 1. The second kappa shape index (κ2) is 6.03. The van der Waals surface area contributed by atoms with Crippen LogP contribution in [0.4, 0.5) is 0 Å². The van der Waals surface area contributed by atoms with Crippen molar-refractivity contribution >= 4 is 44.6 Å². The first-order valence-corrected chi connectivity index (χ1v) is 8.88. The SMILES string of the molecule is CCn1cc(C(C)NS(=O)(=O)c2cc(Cl)c(Cl)s2)cn1. The first kappa shape index (κ1) is 15.8. The molecule has 0 aliphatic rings. The van der Waals surface area contributed by atoms with Crippen molar-refractivity contribution in [3.8, 4) is 0 Å². The maximum absolute atomic E-state index is 12.2. The van der Waals surface area contributed by atoms with Crippen molar-refractivity contribution in [2.24, 2.45) is 0 Å². The third-order valence-electron chi connectivity index (χ3n) is 2.70. The summed E-state index contributed by atoms with van der Waals surface area (Å²) in [6, 6.07) is 0.957. The minimum atomic E-state index is -3.64. The summed E-state index contributed by atoms with van der Waals surface area (Å²) in [5.41, 5.74) is 0.796. The lowest BCUT2D eigenvalue weighted by molar-refractivity contribution is 0.568. The molecule has 1 unspecified atom stereocenters. The molecular formula is C11H13Cl2N3O2S2. The van der Waals surface area contributed by atoms with E-state index < -0.39 is 10.0 Å². The zero-order valence-corrected chi connectivity index (χ0v) is 13.9. The van der Waals surface area contributed by atoms with Gasteiger partial charge in [-0.15, -0.1) is 11.3 Å². The summed E-state index contributed by atoms with van der Waals surface area (Å²) in [7, 11) is -3.64. The summed E-state index contributed by atoms with van der Waals surface area (Å²) < 4.78 is 29.1. The molecule has 0 radical (unpaired) electrons. The van der Waals surface area contributed by atoms with Gasteiger partial charge in [0.15, 0.2) is 0 Å². The van der Waals surface area contributed by atoms with Gasteiger partial charge in [0.25, 0.3) is 10.0 Å². The van der Waals surface area contributed by atoms with Gasteiger partial charge in [0, 0.05) is 24.3 Å². The lowest BCUT2D eigenvalue weighted by Gasteiger charge is -2.11. The van der Waals surface area contributed by atoms with Crippen molar-refractivity contribution in [2.45, 2.75) is 30.6 Å². The average Bonchev–Trinajstić information content (AvgIpc) is 2.97. The maximum Gasteiger partial charge on any atom is 0.250 e. The molecule has 2 aromatic rings. The Bertz CT molecular complexity index is 690. The largest absolute Gasteiger partial charge is 0.273 e. The van der Waals surface area contributed by atoms with E-state index in [2.05, 4.69) is 9.82 Å². The van der Waals surface area contributed by atoms with Crippen LogP contribution in [0.5, 0.6) is 0 Å². The molecule has 110 valence electrons. The molecule has 1 N–H and O–H groups in total. The van der Waals surface area contributed by atoms with Crippen LogP contribution in [-0.2, 0) is 16.6 Å². The van der Waals surface area contributed by atoms with Crippen molar-refractivity contribution < 1.29 is 8.42 Å². The zero-order chi connectivity index (χ0) is 14.9. The average molecular weight is 354 g/mol. The number of aryl methyl sites for hydroxylation is 1. The van der Waals surface area contributed by atoms with Crippen LogP contribution >= 0.6 is 34.5 Å². The van der Waals surface area contributed by atoms with Gasteiger partial charge in [-0.3, -0.25) is 4.68 Å². The van der Waals surface area contributed by atoms with E-state index in [-0.39, 0.29) is 19.6 Å². The van der Waals surface area contributed by atoms with E-state index in [1.165, 1.54) is 6.07 Å². The van der Waals surface area contributed by atoms with E-state index in [1.807, 2.05) is 13.1 Å². The molecule has 0 bridgehead atoms. The smallest absolute Gasteiger partial charge is 0.250 e. The molecule has 2 rings (SSSR count). The van der Waals surface area contributed by atoms with E-state index in [1.54, 1.807) is 17.8 Å². The minimum Gasteiger partial charge on any atom is -0.273 e. The summed E-state index contributed by atoms with van der Waals surface area (Å²) in [5.74, 6) is 0. The Morgan fingerprint density at radius 1 is 1.50 bits per heavy atom. The Kier molecular flexibility index (Phi) is 4.76. The van der Waals surface area contributed by atoms with Crippen molar-refractivity contribution in [3.05, 3.63) is 33.4 Å². The fraction of sp³-hybridized carbons (Fsp3) is 0.364. The van der Waals surface area contributed by atoms with Crippen LogP contribution < -0.4 is 4.72 Å². The summed E-state index contributed by atoms with van der Waals surface area (Å²) in [5, 5.41) is 4.36. The Balaban J connectivity index is 2.19. The monoisotopic (exact) mass is 353 g/mol. The van der Waals surface area contributed by atoms with Crippen molar-refractivity contribution in [3.63, 3.8) is 0 Å². The summed E-state index contributed by atoms with van der Waals surface area (Å²) in [6.45, 7) is 4.45. The molecule has 2 heterocycles. The van der Waals surface area contributed by atoms with Gasteiger partial charge in [-0.2, -0.15) is 5.10 Å². The van der Waals surface area contributed by atoms with Crippen molar-refractivity contribution in [1.29, 1.82) is 0 Å². The highest BCUT2D eigenvalue weighted by atomic mass is 35.5. The van der Waals surface area contributed by atoms with Crippen molar-refractivity contribution in [1.82, 2.24) is 14.5 Å². The molecule has 1 atom stereocenters. The van der Waals surface area contributed by atoms with Crippen LogP contribution in [0.1, 0.15) is 25.5 Å². The fourth-order valence-electron chi connectivity index (χ4n) is 1.59. The molecule has 0 saturated heterocycles. The van der Waals surface area contributed by atoms with E-state index in [4.69, 9.17) is 23.2 Å². The molecule has 0 saturated carbocycles. The van der Waals surface area contributed by atoms with E-state index in [9.17, 15) is 8.42 Å².